The van der Waals surface area contributed by atoms with Crippen molar-refractivity contribution in [1.82, 2.24) is 4.98 Å². The van der Waals surface area contributed by atoms with Crippen molar-refractivity contribution in [3.63, 3.8) is 0 Å². The molecule has 0 radical (unpaired) electrons. The fraction of sp³-hybridized carbons (Fsp3) is 0.545. The molecule has 0 unspecified atom stereocenters. The standard InChI is InChI=1S/C11H15F3N2O/c1-7(2)16(3)9-5-8(11(12,13)14)6-15-10(9)17-4/h5-7H,1-4H3. The summed E-state index contributed by atoms with van der Waals surface area (Å²) in [4.78, 5) is 5.36. The molecule has 1 heterocycles. The van der Waals surface area contributed by atoms with Gasteiger partial charge in [-0.15, -0.1) is 0 Å². The van der Waals surface area contributed by atoms with E-state index in [0.29, 0.717) is 5.69 Å². The first-order chi connectivity index (χ1) is 7.77. The van der Waals surface area contributed by atoms with Crippen LogP contribution < -0.4 is 9.64 Å². The molecule has 0 saturated heterocycles. The third-order valence-electron chi connectivity index (χ3n) is 2.51. The van der Waals surface area contributed by atoms with Gasteiger partial charge >= 0.3 is 6.18 Å². The summed E-state index contributed by atoms with van der Waals surface area (Å²) in [7, 11) is 3.08. The first kappa shape index (κ1) is 13.6. The molecule has 0 bridgehead atoms. The molecule has 0 amide bonds. The zero-order valence-corrected chi connectivity index (χ0v) is 10.2. The van der Waals surface area contributed by atoms with Crippen LogP contribution in [-0.4, -0.2) is 25.2 Å². The Morgan fingerprint density at radius 1 is 1.35 bits per heavy atom. The second-order valence-electron chi connectivity index (χ2n) is 3.95. The van der Waals surface area contributed by atoms with Crippen LogP contribution in [-0.2, 0) is 6.18 Å². The average Bonchev–Trinajstić information content (AvgIpc) is 2.25. The summed E-state index contributed by atoms with van der Waals surface area (Å²) in [6.45, 7) is 3.75. The van der Waals surface area contributed by atoms with Gasteiger partial charge in [0, 0.05) is 19.3 Å². The van der Waals surface area contributed by atoms with Crippen LogP contribution in [0, 0.1) is 0 Å². The molecule has 3 nitrogen and oxygen atoms in total. The predicted octanol–water partition coefficient (Wildman–Crippen LogP) is 2.95. The summed E-state index contributed by atoms with van der Waals surface area (Å²) in [5.41, 5.74) is -0.446. The molecular weight excluding hydrogens is 233 g/mol. The van der Waals surface area contributed by atoms with E-state index in [9.17, 15) is 13.2 Å². The third kappa shape index (κ3) is 3.01. The highest BCUT2D eigenvalue weighted by Gasteiger charge is 2.32. The van der Waals surface area contributed by atoms with Crippen LogP contribution in [0.5, 0.6) is 5.88 Å². The Labute approximate surface area is 98.2 Å². The molecule has 17 heavy (non-hydrogen) atoms. The minimum atomic E-state index is -4.40. The molecule has 0 aliphatic carbocycles. The number of ether oxygens (including phenoxy) is 1. The molecule has 1 aromatic heterocycles. The lowest BCUT2D eigenvalue weighted by atomic mass is 10.2. The highest BCUT2D eigenvalue weighted by molar-refractivity contribution is 5.56. The number of nitrogens with zero attached hydrogens (tertiary/aromatic N) is 2. The van der Waals surface area contributed by atoms with Gasteiger partial charge in [0.1, 0.15) is 5.69 Å². The first-order valence-electron chi connectivity index (χ1n) is 5.11. The highest BCUT2D eigenvalue weighted by Crippen LogP contribution is 2.35. The largest absolute Gasteiger partial charge is 0.480 e. The quantitative estimate of drug-likeness (QED) is 0.822. The van der Waals surface area contributed by atoms with Crippen LogP contribution in [0.25, 0.3) is 0 Å². The Morgan fingerprint density at radius 2 is 1.94 bits per heavy atom. The number of pyridine rings is 1. The first-order valence-corrected chi connectivity index (χ1v) is 5.11. The van der Waals surface area contributed by atoms with Crippen molar-refractivity contribution in [2.75, 3.05) is 19.1 Å². The lowest BCUT2D eigenvalue weighted by Crippen LogP contribution is -2.26. The van der Waals surface area contributed by atoms with Crippen molar-refractivity contribution < 1.29 is 17.9 Å². The second-order valence-corrected chi connectivity index (χ2v) is 3.95. The molecule has 96 valence electrons. The van der Waals surface area contributed by atoms with Crippen molar-refractivity contribution in [1.29, 1.82) is 0 Å². The molecule has 0 fully saturated rings. The maximum absolute atomic E-state index is 12.6. The van der Waals surface area contributed by atoms with Gasteiger partial charge in [-0.3, -0.25) is 0 Å². The van der Waals surface area contributed by atoms with Gasteiger partial charge in [0.25, 0.3) is 0 Å². The van der Waals surface area contributed by atoms with E-state index in [1.54, 1.807) is 11.9 Å². The van der Waals surface area contributed by atoms with Crippen LogP contribution in [0.4, 0.5) is 18.9 Å². The number of hydrogen-bond donors (Lipinski definition) is 0. The Bertz CT molecular complexity index is 391. The number of alkyl halides is 3. The zero-order chi connectivity index (χ0) is 13.2. The number of aromatic nitrogens is 1. The van der Waals surface area contributed by atoms with E-state index < -0.39 is 11.7 Å². The number of methoxy groups -OCH3 is 1. The Morgan fingerprint density at radius 3 is 2.35 bits per heavy atom. The van der Waals surface area contributed by atoms with Gasteiger partial charge in [-0.25, -0.2) is 4.98 Å². The van der Waals surface area contributed by atoms with Crippen LogP contribution in [0.15, 0.2) is 12.3 Å². The highest BCUT2D eigenvalue weighted by atomic mass is 19.4. The maximum Gasteiger partial charge on any atom is 0.417 e. The molecule has 6 heteroatoms. The van der Waals surface area contributed by atoms with Crippen molar-refractivity contribution in [3.05, 3.63) is 17.8 Å². The molecule has 0 saturated carbocycles. The Balaban J connectivity index is 3.25. The summed E-state index contributed by atoms with van der Waals surface area (Å²) in [6.07, 6.45) is -3.62. The van der Waals surface area contributed by atoms with Gasteiger partial charge in [0.2, 0.25) is 5.88 Å². The molecule has 1 aromatic rings. The summed E-state index contributed by atoms with van der Waals surface area (Å²) in [6, 6.07) is 1.10. The van der Waals surface area contributed by atoms with E-state index in [1.807, 2.05) is 13.8 Å². The molecular formula is C11H15F3N2O. The lowest BCUT2D eigenvalue weighted by Gasteiger charge is -2.25. The third-order valence-corrected chi connectivity index (χ3v) is 2.51. The topological polar surface area (TPSA) is 25.4 Å². The van der Waals surface area contributed by atoms with E-state index in [0.717, 1.165) is 12.3 Å². The second kappa shape index (κ2) is 4.81. The van der Waals surface area contributed by atoms with Crippen molar-refractivity contribution >= 4 is 5.69 Å². The molecule has 0 N–H and O–H groups in total. The number of hydrogen-bond acceptors (Lipinski definition) is 3. The van der Waals surface area contributed by atoms with Gasteiger partial charge in [0.15, 0.2) is 0 Å². The van der Waals surface area contributed by atoms with E-state index in [1.165, 1.54) is 7.11 Å². The Hall–Kier alpha value is -1.46. The van der Waals surface area contributed by atoms with Gasteiger partial charge in [-0.2, -0.15) is 13.2 Å². The van der Waals surface area contributed by atoms with E-state index >= 15 is 0 Å². The van der Waals surface area contributed by atoms with Crippen LogP contribution >= 0.6 is 0 Å². The van der Waals surface area contributed by atoms with Gasteiger partial charge in [-0.05, 0) is 19.9 Å². The maximum atomic E-state index is 12.6. The van der Waals surface area contributed by atoms with Crippen molar-refractivity contribution in [3.8, 4) is 5.88 Å². The zero-order valence-electron chi connectivity index (χ0n) is 10.2. The number of rotatable bonds is 3. The smallest absolute Gasteiger partial charge is 0.417 e. The number of anilines is 1. The van der Waals surface area contributed by atoms with Crippen molar-refractivity contribution in [2.45, 2.75) is 26.1 Å². The normalized spacial score (nSPS) is 11.8. The SMILES string of the molecule is COc1ncc(C(F)(F)F)cc1N(C)C(C)C. The van der Waals surface area contributed by atoms with Crippen LogP contribution in [0.1, 0.15) is 19.4 Å². The summed E-state index contributed by atoms with van der Waals surface area (Å²) >= 11 is 0. The van der Waals surface area contributed by atoms with E-state index in [-0.39, 0.29) is 11.9 Å². The van der Waals surface area contributed by atoms with Crippen LogP contribution in [0.2, 0.25) is 0 Å². The van der Waals surface area contributed by atoms with Gasteiger partial charge in [0.05, 0.1) is 12.7 Å². The van der Waals surface area contributed by atoms with E-state index in [2.05, 4.69) is 4.98 Å². The molecule has 0 aliphatic heterocycles. The van der Waals surface area contributed by atoms with Gasteiger partial charge < -0.3 is 9.64 Å². The Kier molecular flexibility index (Phi) is 3.85. The number of halogens is 3. The minimum absolute atomic E-state index is 0.0502. The summed E-state index contributed by atoms with van der Waals surface area (Å²) in [5, 5.41) is 0. The average molecular weight is 248 g/mol. The lowest BCUT2D eigenvalue weighted by molar-refractivity contribution is -0.137. The summed E-state index contributed by atoms with van der Waals surface area (Å²) < 4.78 is 42.7. The van der Waals surface area contributed by atoms with E-state index in [4.69, 9.17) is 4.74 Å². The van der Waals surface area contributed by atoms with Crippen LogP contribution in [0.3, 0.4) is 0 Å². The molecule has 0 spiro atoms. The molecule has 0 aliphatic rings. The van der Waals surface area contributed by atoms with Crippen molar-refractivity contribution in [2.24, 2.45) is 0 Å². The summed E-state index contributed by atoms with van der Waals surface area (Å²) in [5.74, 6) is 0.189. The molecule has 1 rings (SSSR count). The monoisotopic (exact) mass is 248 g/mol. The molecule has 0 aromatic carbocycles. The van der Waals surface area contributed by atoms with Gasteiger partial charge in [-0.1, -0.05) is 0 Å². The molecule has 0 atom stereocenters. The fourth-order valence-corrected chi connectivity index (χ4v) is 1.28. The minimum Gasteiger partial charge on any atom is -0.480 e. The fourth-order valence-electron chi connectivity index (χ4n) is 1.28. The predicted molar refractivity (Wildman–Crippen MR) is 59.3 cm³/mol.